The van der Waals surface area contributed by atoms with Gasteiger partial charge < -0.3 is 21.5 Å². The molecule has 0 radical (unpaired) electrons. The first-order valence-electron chi connectivity index (χ1n) is 4.80. The Morgan fingerprint density at radius 2 is 2.47 bits per heavy atom. The highest BCUT2D eigenvalue weighted by atomic mass is 16.4. The summed E-state index contributed by atoms with van der Waals surface area (Å²) in [6, 6.07) is -0.771. The maximum absolute atomic E-state index is 10.4. The summed E-state index contributed by atoms with van der Waals surface area (Å²) in [5.74, 6) is -0.431. The van der Waals surface area contributed by atoms with Crippen LogP contribution < -0.4 is 11.5 Å². The monoisotopic (exact) mass is 212 g/mol. The number of carbonyl (C=O) groups is 1. The molecule has 0 amide bonds. The fraction of sp³-hybridized carbons (Fsp3) is 0.556. The standard InChI is InChI=1S/C9H16N4O2/c10-7(9(14)15)2-1-4-13-5-3-8(11)12-6-13/h3,5,7H,1-2,4,6,10H2,(H2,11,12)(H,14,15). The van der Waals surface area contributed by atoms with Crippen molar-refractivity contribution >= 4 is 11.8 Å². The lowest BCUT2D eigenvalue weighted by Crippen LogP contribution is -2.32. The lowest BCUT2D eigenvalue weighted by Gasteiger charge is -2.21. The smallest absolute Gasteiger partial charge is 0.320 e. The topological polar surface area (TPSA) is 105 Å². The van der Waals surface area contributed by atoms with Crippen LogP contribution >= 0.6 is 0 Å². The molecule has 0 aromatic heterocycles. The van der Waals surface area contributed by atoms with Crippen LogP contribution in [0.15, 0.2) is 17.3 Å². The molecule has 5 N–H and O–H groups in total. The summed E-state index contributed by atoms with van der Waals surface area (Å²) >= 11 is 0. The van der Waals surface area contributed by atoms with Gasteiger partial charge in [0.15, 0.2) is 0 Å². The van der Waals surface area contributed by atoms with Crippen molar-refractivity contribution in [2.45, 2.75) is 18.9 Å². The van der Waals surface area contributed by atoms with Crippen molar-refractivity contribution in [1.29, 1.82) is 0 Å². The second-order valence-corrected chi connectivity index (χ2v) is 3.44. The van der Waals surface area contributed by atoms with Gasteiger partial charge in [0.2, 0.25) is 0 Å². The summed E-state index contributed by atoms with van der Waals surface area (Å²) < 4.78 is 0. The number of nitrogens with zero attached hydrogens (tertiary/aromatic N) is 2. The Morgan fingerprint density at radius 3 is 3.00 bits per heavy atom. The number of carboxylic acid groups (broad SMARTS) is 1. The summed E-state index contributed by atoms with van der Waals surface area (Å²) in [7, 11) is 0. The molecule has 1 atom stereocenters. The van der Waals surface area contributed by atoms with Gasteiger partial charge in [-0.05, 0) is 18.9 Å². The number of aliphatic imine (C=N–C) groups is 1. The molecule has 0 bridgehead atoms. The van der Waals surface area contributed by atoms with E-state index in [-0.39, 0.29) is 0 Å². The van der Waals surface area contributed by atoms with E-state index >= 15 is 0 Å². The Balaban J connectivity index is 2.17. The summed E-state index contributed by atoms with van der Waals surface area (Å²) in [6.07, 6.45) is 4.78. The van der Waals surface area contributed by atoms with E-state index in [1.165, 1.54) is 0 Å². The molecule has 1 aliphatic heterocycles. The van der Waals surface area contributed by atoms with Crippen molar-refractivity contribution in [2.24, 2.45) is 16.5 Å². The third-order valence-corrected chi connectivity index (χ3v) is 2.17. The molecule has 0 aromatic carbocycles. The molecule has 0 aliphatic carbocycles. The molecule has 0 aromatic rings. The minimum absolute atomic E-state index is 0.471. The maximum Gasteiger partial charge on any atom is 0.320 e. The van der Waals surface area contributed by atoms with Crippen LogP contribution in [0.25, 0.3) is 0 Å². The lowest BCUT2D eigenvalue weighted by atomic mass is 10.1. The number of hydrogen-bond donors (Lipinski definition) is 3. The average molecular weight is 212 g/mol. The Labute approximate surface area is 88.3 Å². The SMILES string of the molecule is NC1=NCN(CCCC(N)C(=O)O)C=C1. The molecule has 1 aliphatic rings. The van der Waals surface area contributed by atoms with Gasteiger partial charge in [-0.25, -0.2) is 4.99 Å². The fourth-order valence-corrected chi connectivity index (χ4v) is 1.24. The van der Waals surface area contributed by atoms with E-state index < -0.39 is 12.0 Å². The summed E-state index contributed by atoms with van der Waals surface area (Å²) in [5, 5.41) is 8.56. The quantitative estimate of drug-likeness (QED) is 0.560. The van der Waals surface area contributed by atoms with Gasteiger partial charge in [0.1, 0.15) is 18.5 Å². The van der Waals surface area contributed by atoms with E-state index in [1.54, 1.807) is 6.08 Å². The molecule has 1 rings (SSSR count). The van der Waals surface area contributed by atoms with Gasteiger partial charge in [-0.1, -0.05) is 0 Å². The number of carboxylic acids is 1. The molecule has 0 fully saturated rings. The lowest BCUT2D eigenvalue weighted by molar-refractivity contribution is -0.138. The largest absolute Gasteiger partial charge is 0.480 e. The minimum Gasteiger partial charge on any atom is -0.480 e. The van der Waals surface area contributed by atoms with Gasteiger partial charge in [0, 0.05) is 12.7 Å². The number of amidine groups is 1. The predicted molar refractivity (Wildman–Crippen MR) is 57.2 cm³/mol. The van der Waals surface area contributed by atoms with Crippen LogP contribution in [0, 0.1) is 0 Å². The number of hydrogen-bond acceptors (Lipinski definition) is 5. The van der Waals surface area contributed by atoms with Crippen LogP contribution in [-0.4, -0.2) is 41.1 Å². The minimum atomic E-state index is -0.952. The van der Waals surface area contributed by atoms with Crippen molar-refractivity contribution in [3.05, 3.63) is 12.3 Å². The zero-order valence-corrected chi connectivity index (χ0v) is 8.47. The normalized spacial score (nSPS) is 17.4. The summed E-state index contributed by atoms with van der Waals surface area (Å²) in [5.41, 5.74) is 10.8. The number of nitrogens with two attached hydrogens (primary N) is 2. The first-order chi connectivity index (χ1) is 7.09. The molecule has 6 nitrogen and oxygen atoms in total. The van der Waals surface area contributed by atoms with Crippen LogP contribution in [0.3, 0.4) is 0 Å². The van der Waals surface area contributed by atoms with Gasteiger partial charge in [0.25, 0.3) is 0 Å². The Kier molecular flexibility index (Phi) is 4.11. The molecule has 1 heterocycles. The maximum atomic E-state index is 10.4. The Morgan fingerprint density at radius 1 is 1.73 bits per heavy atom. The third kappa shape index (κ3) is 3.99. The van der Waals surface area contributed by atoms with Crippen molar-refractivity contribution in [3.8, 4) is 0 Å². The first-order valence-corrected chi connectivity index (χ1v) is 4.80. The number of aliphatic carboxylic acids is 1. The zero-order chi connectivity index (χ0) is 11.3. The van der Waals surface area contributed by atoms with E-state index in [4.69, 9.17) is 16.6 Å². The second kappa shape index (κ2) is 5.35. The molecule has 15 heavy (non-hydrogen) atoms. The van der Waals surface area contributed by atoms with Gasteiger partial charge in [0.05, 0.1) is 0 Å². The van der Waals surface area contributed by atoms with Gasteiger partial charge in [-0.2, -0.15) is 0 Å². The molecule has 0 saturated carbocycles. The second-order valence-electron chi connectivity index (χ2n) is 3.44. The predicted octanol–water partition coefficient (Wildman–Crippen LogP) is -0.677. The first kappa shape index (κ1) is 11.5. The zero-order valence-electron chi connectivity index (χ0n) is 8.47. The molecule has 1 unspecified atom stereocenters. The van der Waals surface area contributed by atoms with Gasteiger partial charge >= 0.3 is 5.97 Å². The number of rotatable bonds is 5. The Hall–Kier alpha value is -1.56. The van der Waals surface area contributed by atoms with Crippen molar-refractivity contribution < 1.29 is 9.90 Å². The van der Waals surface area contributed by atoms with E-state index in [0.717, 1.165) is 13.0 Å². The summed E-state index contributed by atoms with van der Waals surface area (Å²) in [6.45, 7) is 1.28. The summed E-state index contributed by atoms with van der Waals surface area (Å²) in [4.78, 5) is 16.4. The van der Waals surface area contributed by atoms with Crippen LogP contribution in [0.2, 0.25) is 0 Å². The van der Waals surface area contributed by atoms with Crippen LogP contribution in [-0.2, 0) is 4.79 Å². The average Bonchev–Trinajstić information content (AvgIpc) is 2.20. The van der Waals surface area contributed by atoms with Gasteiger partial charge in [-0.3, -0.25) is 4.79 Å². The van der Waals surface area contributed by atoms with Crippen molar-refractivity contribution in [2.75, 3.05) is 13.2 Å². The van der Waals surface area contributed by atoms with E-state index in [9.17, 15) is 4.79 Å². The molecule has 6 heteroatoms. The molecular weight excluding hydrogens is 196 g/mol. The highest BCUT2D eigenvalue weighted by molar-refractivity contribution is 5.91. The fourth-order valence-electron chi connectivity index (χ4n) is 1.24. The molecule has 0 spiro atoms. The van der Waals surface area contributed by atoms with Crippen LogP contribution in [0.5, 0.6) is 0 Å². The molecule has 0 saturated heterocycles. The highest BCUT2D eigenvalue weighted by Gasteiger charge is 2.11. The van der Waals surface area contributed by atoms with E-state index in [2.05, 4.69) is 4.99 Å². The third-order valence-electron chi connectivity index (χ3n) is 2.17. The molecule has 84 valence electrons. The molecular formula is C9H16N4O2. The van der Waals surface area contributed by atoms with E-state index in [0.29, 0.717) is 18.9 Å². The van der Waals surface area contributed by atoms with Crippen LogP contribution in [0.4, 0.5) is 0 Å². The van der Waals surface area contributed by atoms with Crippen LogP contribution in [0.1, 0.15) is 12.8 Å². The van der Waals surface area contributed by atoms with E-state index in [1.807, 2.05) is 11.1 Å². The Bertz CT molecular complexity index is 288. The van der Waals surface area contributed by atoms with Crippen molar-refractivity contribution in [3.63, 3.8) is 0 Å². The van der Waals surface area contributed by atoms with Gasteiger partial charge in [-0.15, -0.1) is 0 Å². The highest BCUT2D eigenvalue weighted by Crippen LogP contribution is 2.02. The van der Waals surface area contributed by atoms with Crippen molar-refractivity contribution in [1.82, 2.24) is 4.90 Å².